The predicted molar refractivity (Wildman–Crippen MR) is 79.4 cm³/mol. The normalized spacial score (nSPS) is 12.2. The minimum absolute atomic E-state index is 0.211. The van der Waals surface area contributed by atoms with Crippen molar-refractivity contribution in [1.82, 2.24) is 0 Å². The van der Waals surface area contributed by atoms with Gasteiger partial charge in [0.1, 0.15) is 17.7 Å². The Labute approximate surface area is 119 Å². The maximum atomic E-state index is 13.3. The monoisotopic (exact) mass is 273 g/mol. The van der Waals surface area contributed by atoms with Gasteiger partial charge in [0.25, 0.3) is 0 Å². The van der Waals surface area contributed by atoms with E-state index in [1.807, 2.05) is 24.3 Å². The molecule has 1 atom stereocenters. The van der Waals surface area contributed by atoms with E-state index in [1.54, 1.807) is 19.1 Å². The summed E-state index contributed by atoms with van der Waals surface area (Å²) in [5.41, 5.74) is 8.54. The molecule has 0 aliphatic carbocycles. The van der Waals surface area contributed by atoms with E-state index in [4.69, 9.17) is 10.5 Å². The van der Waals surface area contributed by atoms with Crippen LogP contribution >= 0.6 is 0 Å². The van der Waals surface area contributed by atoms with Crippen LogP contribution in [-0.4, -0.2) is 6.54 Å². The van der Waals surface area contributed by atoms with Crippen LogP contribution in [0.15, 0.2) is 42.5 Å². The summed E-state index contributed by atoms with van der Waals surface area (Å²) >= 11 is 0. The van der Waals surface area contributed by atoms with Gasteiger partial charge in [-0.2, -0.15) is 0 Å². The average molecular weight is 273 g/mol. The van der Waals surface area contributed by atoms with Crippen LogP contribution in [0, 0.1) is 12.7 Å². The van der Waals surface area contributed by atoms with E-state index in [9.17, 15) is 4.39 Å². The van der Waals surface area contributed by atoms with Crippen LogP contribution < -0.4 is 10.5 Å². The standard InChI is InChI=1S/C17H20FNO/c1-3-13-4-7-15(8-5-13)20-17(11-19)14-6-9-16(18)12(2)10-14/h4-10,17H,3,11,19H2,1-2H3. The first-order chi connectivity index (χ1) is 9.63. The van der Waals surface area contributed by atoms with E-state index < -0.39 is 0 Å². The molecule has 0 aliphatic rings. The number of halogens is 1. The highest BCUT2D eigenvalue weighted by Gasteiger charge is 2.13. The lowest BCUT2D eigenvalue weighted by Gasteiger charge is -2.18. The molecule has 2 nitrogen and oxygen atoms in total. The van der Waals surface area contributed by atoms with E-state index in [0.29, 0.717) is 12.1 Å². The fraction of sp³-hybridized carbons (Fsp3) is 0.294. The van der Waals surface area contributed by atoms with Crippen molar-refractivity contribution in [3.8, 4) is 5.75 Å². The molecule has 0 saturated carbocycles. The highest BCUT2D eigenvalue weighted by atomic mass is 19.1. The molecular formula is C17H20FNO. The van der Waals surface area contributed by atoms with Crippen LogP contribution in [-0.2, 0) is 6.42 Å². The molecule has 0 aliphatic heterocycles. The van der Waals surface area contributed by atoms with Crippen molar-refractivity contribution < 1.29 is 9.13 Å². The van der Waals surface area contributed by atoms with Gasteiger partial charge in [-0.25, -0.2) is 4.39 Å². The van der Waals surface area contributed by atoms with Crippen molar-refractivity contribution in [1.29, 1.82) is 0 Å². The van der Waals surface area contributed by atoms with Crippen LogP contribution in [0.1, 0.15) is 29.7 Å². The summed E-state index contributed by atoms with van der Waals surface area (Å²) in [5.74, 6) is 0.566. The van der Waals surface area contributed by atoms with E-state index in [0.717, 1.165) is 17.7 Å². The van der Waals surface area contributed by atoms with Gasteiger partial charge in [0.15, 0.2) is 0 Å². The second kappa shape index (κ2) is 6.53. The van der Waals surface area contributed by atoms with E-state index in [1.165, 1.54) is 11.6 Å². The lowest BCUT2D eigenvalue weighted by atomic mass is 10.1. The minimum atomic E-state index is -0.262. The molecule has 0 fully saturated rings. The second-order valence-corrected chi connectivity index (χ2v) is 4.85. The fourth-order valence-electron chi connectivity index (χ4n) is 2.09. The van der Waals surface area contributed by atoms with Gasteiger partial charge < -0.3 is 10.5 Å². The van der Waals surface area contributed by atoms with Gasteiger partial charge >= 0.3 is 0 Å². The van der Waals surface area contributed by atoms with Crippen molar-refractivity contribution >= 4 is 0 Å². The van der Waals surface area contributed by atoms with Crippen molar-refractivity contribution in [3.63, 3.8) is 0 Å². The SMILES string of the molecule is CCc1ccc(OC(CN)c2ccc(F)c(C)c2)cc1. The quantitative estimate of drug-likeness (QED) is 0.900. The average Bonchev–Trinajstić information content (AvgIpc) is 2.48. The minimum Gasteiger partial charge on any atom is -0.484 e. The fourth-order valence-corrected chi connectivity index (χ4v) is 2.09. The lowest BCUT2D eigenvalue weighted by Crippen LogP contribution is -2.18. The molecule has 2 rings (SSSR count). The molecule has 3 heteroatoms. The first-order valence-corrected chi connectivity index (χ1v) is 6.85. The summed E-state index contributed by atoms with van der Waals surface area (Å²) in [6, 6.07) is 12.9. The Hall–Kier alpha value is -1.87. The predicted octanol–water partition coefficient (Wildman–Crippen LogP) is 3.78. The maximum absolute atomic E-state index is 13.3. The molecule has 0 saturated heterocycles. The summed E-state index contributed by atoms with van der Waals surface area (Å²) < 4.78 is 19.2. The van der Waals surface area contributed by atoms with Crippen molar-refractivity contribution in [2.24, 2.45) is 5.73 Å². The molecule has 20 heavy (non-hydrogen) atoms. The van der Waals surface area contributed by atoms with Crippen molar-refractivity contribution in [2.75, 3.05) is 6.54 Å². The van der Waals surface area contributed by atoms with Gasteiger partial charge in [0.05, 0.1) is 0 Å². The Morgan fingerprint density at radius 2 is 1.85 bits per heavy atom. The summed E-state index contributed by atoms with van der Waals surface area (Å²) in [6.07, 6.45) is 0.736. The number of hydrogen-bond acceptors (Lipinski definition) is 2. The number of benzene rings is 2. The van der Waals surface area contributed by atoms with Crippen LogP contribution in [0.2, 0.25) is 0 Å². The topological polar surface area (TPSA) is 35.2 Å². The van der Waals surface area contributed by atoms with Gasteiger partial charge in [-0.05, 0) is 54.3 Å². The summed E-state index contributed by atoms with van der Waals surface area (Å²) in [5, 5.41) is 0. The summed E-state index contributed by atoms with van der Waals surface area (Å²) in [6.45, 7) is 4.20. The zero-order valence-electron chi connectivity index (χ0n) is 11.9. The van der Waals surface area contributed by atoms with Crippen LogP contribution in [0.5, 0.6) is 5.75 Å². The Balaban J connectivity index is 2.16. The highest BCUT2D eigenvalue weighted by molar-refractivity contribution is 5.30. The van der Waals surface area contributed by atoms with Crippen molar-refractivity contribution in [2.45, 2.75) is 26.4 Å². The van der Waals surface area contributed by atoms with Crippen LogP contribution in [0.4, 0.5) is 4.39 Å². The molecule has 106 valence electrons. The molecule has 1 unspecified atom stereocenters. The molecule has 0 bridgehead atoms. The molecule has 0 spiro atoms. The zero-order valence-corrected chi connectivity index (χ0v) is 11.9. The molecule has 2 N–H and O–H groups in total. The number of ether oxygens (including phenoxy) is 1. The molecule has 0 radical (unpaired) electrons. The summed E-state index contributed by atoms with van der Waals surface area (Å²) in [4.78, 5) is 0. The van der Waals surface area contributed by atoms with Gasteiger partial charge in [-0.1, -0.05) is 25.1 Å². The largest absolute Gasteiger partial charge is 0.484 e. The van der Waals surface area contributed by atoms with Gasteiger partial charge in [0.2, 0.25) is 0 Å². The Morgan fingerprint density at radius 1 is 1.15 bits per heavy atom. The third-order valence-corrected chi connectivity index (χ3v) is 3.38. The first-order valence-electron chi connectivity index (χ1n) is 6.85. The van der Waals surface area contributed by atoms with Crippen molar-refractivity contribution in [3.05, 3.63) is 65.0 Å². The summed E-state index contributed by atoms with van der Waals surface area (Å²) in [7, 11) is 0. The second-order valence-electron chi connectivity index (χ2n) is 4.85. The molecule has 2 aromatic carbocycles. The van der Waals surface area contributed by atoms with Gasteiger partial charge in [-0.3, -0.25) is 0 Å². The third kappa shape index (κ3) is 3.36. The number of hydrogen-bond donors (Lipinski definition) is 1. The Kier molecular flexibility index (Phi) is 4.74. The highest BCUT2D eigenvalue weighted by Crippen LogP contribution is 2.23. The molecule has 0 amide bonds. The Morgan fingerprint density at radius 3 is 2.40 bits per heavy atom. The molecule has 2 aromatic rings. The number of nitrogens with two attached hydrogens (primary N) is 1. The van der Waals surface area contributed by atoms with Gasteiger partial charge in [0, 0.05) is 6.54 Å². The zero-order chi connectivity index (χ0) is 14.5. The first kappa shape index (κ1) is 14.5. The van der Waals surface area contributed by atoms with Crippen LogP contribution in [0.25, 0.3) is 0 Å². The lowest BCUT2D eigenvalue weighted by molar-refractivity contribution is 0.214. The number of rotatable bonds is 5. The third-order valence-electron chi connectivity index (χ3n) is 3.38. The van der Waals surface area contributed by atoms with Crippen LogP contribution in [0.3, 0.4) is 0 Å². The maximum Gasteiger partial charge on any atom is 0.136 e. The number of aryl methyl sites for hydroxylation is 2. The Bertz CT molecular complexity index is 566. The molecule has 0 aromatic heterocycles. The van der Waals surface area contributed by atoms with Gasteiger partial charge in [-0.15, -0.1) is 0 Å². The molecule has 0 heterocycles. The van der Waals surface area contributed by atoms with E-state index in [2.05, 4.69) is 6.92 Å². The molecular weight excluding hydrogens is 253 g/mol. The van der Waals surface area contributed by atoms with E-state index >= 15 is 0 Å². The van der Waals surface area contributed by atoms with E-state index in [-0.39, 0.29) is 11.9 Å². The smallest absolute Gasteiger partial charge is 0.136 e.